The van der Waals surface area contributed by atoms with Crippen LogP contribution in [0.2, 0.25) is 0 Å². The van der Waals surface area contributed by atoms with E-state index in [-0.39, 0.29) is 11.9 Å². The van der Waals surface area contributed by atoms with Gasteiger partial charge in [0, 0.05) is 17.5 Å². The van der Waals surface area contributed by atoms with Crippen molar-refractivity contribution < 1.29 is 9.59 Å². The van der Waals surface area contributed by atoms with Gasteiger partial charge in [-0.3, -0.25) is 4.79 Å². The van der Waals surface area contributed by atoms with E-state index in [0.29, 0.717) is 16.1 Å². The highest BCUT2D eigenvalue weighted by Gasteiger charge is 2.22. The van der Waals surface area contributed by atoms with Gasteiger partial charge in [-0.1, -0.05) is 12.1 Å². The number of nitrogens with two attached hydrogens (primary N) is 1. The molecule has 1 aliphatic rings. The summed E-state index contributed by atoms with van der Waals surface area (Å²) in [5, 5.41) is 17.8. The molecule has 8 heteroatoms. The van der Waals surface area contributed by atoms with Crippen LogP contribution in [0.15, 0.2) is 30.3 Å². The van der Waals surface area contributed by atoms with Crippen molar-refractivity contribution in [2.75, 3.05) is 18.4 Å². The smallest absolute Gasteiger partial charge is 0.316 e. The lowest BCUT2D eigenvalue weighted by Gasteiger charge is -2.23. The number of hydrogen-bond acceptors (Lipinski definition) is 5. The quantitative estimate of drug-likeness (QED) is 0.660. The maximum absolute atomic E-state index is 12.7. The van der Waals surface area contributed by atoms with E-state index >= 15 is 0 Å². The van der Waals surface area contributed by atoms with Crippen LogP contribution in [0, 0.1) is 11.3 Å². The average molecular weight is 369 g/mol. The Kier molecular flexibility index (Phi) is 5.51. The SMILES string of the molecule is N#Cc1cccc(-c2cc(NC(N)=O)c(C(=O)N[C@H]3CCCNC3)s2)c1. The number of benzene rings is 1. The van der Waals surface area contributed by atoms with E-state index < -0.39 is 6.03 Å². The van der Waals surface area contributed by atoms with Crippen LogP contribution >= 0.6 is 11.3 Å². The number of urea groups is 1. The van der Waals surface area contributed by atoms with E-state index in [4.69, 9.17) is 11.0 Å². The predicted octanol–water partition coefficient (Wildman–Crippen LogP) is 2.26. The van der Waals surface area contributed by atoms with Crippen molar-refractivity contribution in [3.8, 4) is 16.5 Å². The first-order valence-electron chi connectivity index (χ1n) is 8.29. The second kappa shape index (κ2) is 7.99. The molecule has 7 nitrogen and oxygen atoms in total. The minimum Gasteiger partial charge on any atom is -0.351 e. The zero-order valence-electron chi connectivity index (χ0n) is 14.0. The molecule has 1 aromatic heterocycles. The Morgan fingerprint density at radius 3 is 2.88 bits per heavy atom. The van der Waals surface area contributed by atoms with E-state index in [9.17, 15) is 9.59 Å². The van der Waals surface area contributed by atoms with Gasteiger partial charge in [-0.05, 0) is 43.1 Å². The molecule has 1 aromatic carbocycles. The zero-order chi connectivity index (χ0) is 18.5. The Bertz CT molecular complexity index is 865. The van der Waals surface area contributed by atoms with Gasteiger partial charge in [0.2, 0.25) is 0 Å². The van der Waals surface area contributed by atoms with Crippen molar-refractivity contribution in [3.05, 3.63) is 40.8 Å². The largest absolute Gasteiger partial charge is 0.351 e. The van der Waals surface area contributed by atoms with Crippen molar-refractivity contribution in [2.24, 2.45) is 5.73 Å². The molecule has 2 aromatic rings. The van der Waals surface area contributed by atoms with Crippen LogP contribution < -0.4 is 21.7 Å². The number of piperidine rings is 1. The maximum Gasteiger partial charge on any atom is 0.316 e. The molecular formula is C18H19N5O2S. The number of nitriles is 1. The molecule has 3 amide bonds. The van der Waals surface area contributed by atoms with Gasteiger partial charge in [0.05, 0.1) is 17.3 Å². The lowest BCUT2D eigenvalue weighted by Crippen LogP contribution is -2.45. The van der Waals surface area contributed by atoms with Crippen molar-refractivity contribution in [3.63, 3.8) is 0 Å². The topological polar surface area (TPSA) is 120 Å². The van der Waals surface area contributed by atoms with Gasteiger partial charge in [-0.15, -0.1) is 11.3 Å². The molecule has 2 heterocycles. The highest BCUT2D eigenvalue weighted by molar-refractivity contribution is 7.18. The van der Waals surface area contributed by atoms with Crippen LogP contribution in [0.5, 0.6) is 0 Å². The van der Waals surface area contributed by atoms with Gasteiger partial charge in [0.15, 0.2) is 0 Å². The van der Waals surface area contributed by atoms with Gasteiger partial charge in [-0.25, -0.2) is 4.79 Å². The summed E-state index contributed by atoms with van der Waals surface area (Å²) >= 11 is 1.26. The minimum atomic E-state index is -0.728. The number of carbonyl (C=O) groups is 2. The second-order valence-electron chi connectivity index (χ2n) is 6.05. The molecule has 0 spiro atoms. The standard InChI is InChI=1S/C18H19N5O2S/c19-9-11-3-1-4-12(7-11)15-8-14(23-18(20)25)16(26-15)17(24)22-13-5-2-6-21-10-13/h1,3-4,7-8,13,21H,2,5-6,10H2,(H,22,24)(H3,20,23,25)/t13-/m0/s1. The summed E-state index contributed by atoms with van der Waals surface area (Å²) in [4.78, 5) is 25.2. The molecule has 0 saturated carbocycles. The zero-order valence-corrected chi connectivity index (χ0v) is 14.9. The van der Waals surface area contributed by atoms with Crippen LogP contribution in [0.3, 0.4) is 0 Å². The Morgan fingerprint density at radius 1 is 1.35 bits per heavy atom. The molecule has 1 atom stereocenters. The average Bonchev–Trinajstić information content (AvgIpc) is 3.06. The number of anilines is 1. The fourth-order valence-corrected chi connectivity index (χ4v) is 3.91. The van der Waals surface area contributed by atoms with Crippen molar-refractivity contribution in [2.45, 2.75) is 18.9 Å². The van der Waals surface area contributed by atoms with E-state index in [1.807, 2.05) is 6.07 Å². The Balaban J connectivity index is 1.89. The summed E-state index contributed by atoms with van der Waals surface area (Å²) < 4.78 is 0. The molecule has 0 aliphatic carbocycles. The highest BCUT2D eigenvalue weighted by Crippen LogP contribution is 2.35. The van der Waals surface area contributed by atoms with Crippen LogP contribution in [0.4, 0.5) is 10.5 Å². The molecule has 3 rings (SSSR count). The molecule has 26 heavy (non-hydrogen) atoms. The van der Waals surface area contributed by atoms with Gasteiger partial charge in [0.25, 0.3) is 5.91 Å². The third-order valence-electron chi connectivity index (χ3n) is 4.10. The van der Waals surface area contributed by atoms with Crippen LogP contribution in [-0.4, -0.2) is 31.1 Å². The Labute approximate surface area is 155 Å². The fraction of sp³-hybridized carbons (Fsp3) is 0.278. The molecule has 0 bridgehead atoms. The molecule has 1 fully saturated rings. The number of thiophene rings is 1. The third-order valence-corrected chi connectivity index (χ3v) is 5.29. The van der Waals surface area contributed by atoms with E-state index in [0.717, 1.165) is 36.4 Å². The van der Waals surface area contributed by atoms with Gasteiger partial charge < -0.3 is 21.7 Å². The first kappa shape index (κ1) is 17.9. The summed E-state index contributed by atoms with van der Waals surface area (Å²) in [5.41, 5.74) is 6.95. The van der Waals surface area contributed by atoms with Crippen molar-refractivity contribution in [1.82, 2.24) is 10.6 Å². The monoisotopic (exact) mass is 369 g/mol. The first-order valence-corrected chi connectivity index (χ1v) is 9.11. The van der Waals surface area contributed by atoms with E-state index in [2.05, 4.69) is 22.0 Å². The molecule has 0 radical (unpaired) electrons. The minimum absolute atomic E-state index is 0.0603. The van der Waals surface area contributed by atoms with Gasteiger partial charge >= 0.3 is 6.03 Å². The molecule has 0 unspecified atom stereocenters. The van der Waals surface area contributed by atoms with Gasteiger partial charge in [-0.2, -0.15) is 5.26 Å². The van der Waals surface area contributed by atoms with Crippen molar-refractivity contribution in [1.29, 1.82) is 5.26 Å². The number of carbonyl (C=O) groups excluding carboxylic acids is 2. The summed E-state index contributed by atoms with van der Waals surface area (Å²) in [7, 11) is 0. The number of hydrogen-bond donors (Lipinski definition) is 4. The normalized spacial score (nSPS) is 16.5. The predicted molar refractivity (Wildman–Crippen MR) is 101 cm³/mol. The van der Waals surface area contributed by atoms with E-state index in [1.165, 1.54) is 11.3 Å². The summed E-state index contributed by atoms with van der Waals surface area (Å²) in [6.45, 7) is 1.69. The molecule has 1 saturated heterocycles. The van der Waals surface area contributed by atoms with Crippen LogP contribution in [0.25, 0.3) is 10.4 Å². The Morgan fingerprint density at radius 2 is 2.19 bits per heavy atom. The number of amides is 3. The molecular weight excluding hydrogens is 350 g/mol. The number of nitrogens with zero attached hydrogens (tertiary/aromatic N) is 1. The lowest BCUT2D eigenvalue weighted by atomic mass is 10.1. The van der Waals surface area contributed by atoms with Crippen LogP contribution in [0.1, 0.15) is 28.1 Å². The van der Waals surface area contributed by atoms with Crippen molar-refractivity contribution >= 4 is 29.0 Å². The fourth-order valence-electron chi connectivity index (χ4n) is 2.90. The summed E-state index contributed by atoms with van der Waals surface area (Å²) in [6.07, 6.45) is 1.92. The number of rotatable bonds is 4. The first-order chi connectivity index (χ1) is 12.6. The Hall–Kier alpha value is -2.89. The number of nitrogens with one attached hydrogen (secondary N) is 3. The molecule has 134 valence electrons. The highest BCUT2D eigenvalue weighted by atomic mass is 32.1. The van der Waals surface area contributed by atoms with E-state index in [1.54, 1.807) is 24.3 Å². The maximum atomic E-state index is 12.7. The lowest BCUT2D eigenvalue weighted by molar-refractivity contribution is 0.0935. The van der Waals surface area contributed by atoms with Gasteiger partial charge in [0.1, 0.15) is 4.88 Å². The van der Waals surface area contributed by atoms with Crippen LogP contribution in [-0.2, 0) is 0 Å². The summed E-state index contributed by atoms with van der Waals surface area (Å²) in [5.74, 6) is -0.241. The third kappa shape index (κ3) is 4.20. The molecule has 1 aliphatic heterocycles. The number of primary amides is 1. The summed E-state index contributed by atoms with van der Waals surface area (Å²) in [6, 6.07) is 10.2. The second-order valence-corrected chi connectivity index (χ2v) is 7.10. The molecule has 5 N–H and O–H groups in total.